The minimum absolute atomic E-state index is 0.121. The van der Waals surface area contributed by atoms with Gasteiger partial charge in [-0.15, -0.1) is 0 Å². The van der Waals surface area contributed by atoms with Gasteiger partial charge in [-0.05, 0) is 12.8 Å². The molecule has 0 spiro atoms. The lowest BCUT2D eigenvalue weighted by atomic mass is 10.2. The number of hydrogen-bond acceptors (Lipinski definition) is 4. The fraction of sp³-hybridized carbons (Fsp3) is 0.667. The predicted octanol–water partition coefficient (Wildman–Crippen LogP) is 0.469. The Kier molecular flexibility index (Phi) is 7.08. The van der Waals surface area contributed by atoms with E-state index >= 15 is 0 Å². The topological polar surface area (TPSA) is 58.2 Å². The maximum atomic E-state index is 10.6. The van der Waals surface area contributed by atoms with Crippen molar-refractivity contribution in [2.75, 3.05) is 0 Å². The predicted molar refractivity (Wildman–Crippen MR) is 52.7 cm³/mol. The van der Waals surface area contributed by atoms with Crippen LogP contribution < -0.4 is 9.44 Å². The van der Waals surface area contributed by atoms with Gasteiger partial charge in [0.2, 0.25) is 11.8 Å². The Hall–Kier alpha value is -0.360. The summed E-state index contributed by atoms with van der Waals surface area (Å²) < 4.78 is 4.41. The van der Waals surface area contributed by atoms with Gasteiger partial charge in [0.15, 0.2) is 0 Å². The molecule has 4 nitrogen and oxygen atoms in total. The fourth-order valence-electron chi connectivity index (χ4n) is 0.683. The Morgan fingerprint density at radius 2 is 1.25 bits per heavy atom. The van der Waals surface area contributed by atoms with Gasteiger partial charge in [-0.25, -0.2) is 0 Å². The number of amides is 2. The quantitative estimate of drug-likeness (QED) is 0.392. The van der Waals surface area contributed by atoms with E-state index < -0.39 is 0 Å². The van der Waals surface area contributed by atoms with Crippen LogP contribution in [0.4, 0.5) is 0 Å². The van der Waals surface area contributed by atoms with Crippen LogP contribution in [0.2, 0.25) is 0 Å². The third-order valence-electron chi connectivity index (χ3n) is 1.31. The van der Waals surface area contributed by atoms with E-state index in [4.69, 9.17) is 0 Å². The van der Waals surface area contributed by atoms with Crippen LogP contribution >= 0.6 is 25.6 Å². The van der Waals surface area contributed by atoms with Crippen LogP contribution in [0.1, 0.15) is 25.7 Å². The van der Waals surface area contributed by atoms with Crippen molar-refractivity contribution in [1.82, 2.24) is 9.44 Å². The highest BCUT2D eigenvalue weighted by Gasteiger charge is 2.00. The second-order valence-electron chi connectivity index (χ2n) is 2.28. The highest BCUT2D eigenvalue weighted by Crippen LogP contribution is 1.99. The monoisotopic (exact) mass is 208 g/mol. The van der Waals surface area contributed by atoms with Gasteiger partial charge < -0.3 is 9.44 Å². The molecule has 0 aromatic carbocycles. The van der Waals surface area contributed by atoms with E-state index in [0.29, 0.717) is 25.7 Å². The van der Waals surface area contributed by atoms with Crippen LogP contribution in [0, 0.1) is 0 Å². The first-order chi connectivity index (χ1) is 5.70. The third kappa shape index (κ3) is 6.36. The molecule has 0 fully saturated rings. The van der Waals surface area contributed by atoms with E-state index in [1.807, 2.05) is 0 Å². The molecular weight excluding hydrogens is 196 g/mol. The lowest BCUT2D eigenvalue weighted by Gasteiger charge is -1.98. The van der Waals surface area contributed by atoms with Crippen molar-refractivity contribution in [3.05, 3.63) is 0 Å². The van der Waals surface area contributed by atoms with Gasteiger partial charge in [0.1, 0.15) is 0 Å². The van der Waals surface area contributed by atoms with Crippen LogP contribution in [0.3, 0.4) is 0 Å². The van der Waals surface area contributed by atoms with E-state index in [2.05, 4.69) is 35.1 Å². The second-order valence-corrected chi connectivity index (χ2v) is 2.72. The van der Waals surface area contributed by atoms with Gasteiger partial charge in [-0.2, -0.15) is 0 Å². The normalized spacial score (nSPS) is 9.17. The van der Waals surface area contributed by atoms with Crippen LogP contribution in [0.25, 0.3) is 0 Å². The molecule has 6 heteroatoms. The van der Waals surface area contributed by atoms with E-state index in [9.17, 15) is 9.59 Å². The minimum Gasteiger partial charge on any atom is -0.303 e. The van der Waals surface area contributed by atoms with Gasteiger partial charge in [-0.1, -0.05) is 25.6 Å². The van der Waals surface area contributed by atoms with Gasteiger partial charge in [0.25, 0.3) is 0 Å². The van der Waals surface area contributed by atoms with E-state index in [1.165, 1.54) is 0 Å². The summed E-state index contributed by atoms with van der Waals surface area (Å²) in [5.41, 5.74) is 0. The van der Waals surface area contributed by atoms with Crippen molar-refractivity contribution in [3.8, 4) is 0 Å². The Bertz CT molecular complexity index is 146. The number of nitrogens with one attached hydrogen (secondary N) is 2. The Balaban J connectivity index is 3.21. The van der Waals surface area contributed by atoms with Gasteiger partial charge in [0.05, 0.1) is 0 Å². The second kappa shape index (κ2) is 7.30. The number of unbranched alkanes of at least 4 members (excludes halogenated alkanes) is 1. The van der Waals surface area contributed by atoms with Crippen LogP contribution in [-0.2, 0) is 9.59 Å². The fourth-order valence-corrected chi connectivity index (χ4v) is 0.907. The number of carbonyl (C=O) groups excluding carboxylic acids is 2. The highest BCUT2D eigenvalue weighted by atomic mass is 32.1. The summed E-state index contributed by atoms with van der Waals surface area (Å²) in [6, 6.07) is 0. The Morgan fingerprint density at radius 3 is 1.50 bits per heavy atom. The lowest BCUT2D eigenvalue weighted by molar-refractivity contribution is -0.121. The lowest BCUT2D eigenvalue weighted by Crippen LogP contribution is -2.13. The Morgan fingerprint density at radius 1 is 0.917 bits per heavy atom. The maximum absolute atomic E-state index is 10.6. The van der Waals surface area contributed by atoms with Crippen molar-refractivity contribution >= 4 is 37.4 Å². The summed E-state index contributed by atoms with van der Waals surface area (Å²) in [6.07, 6.45) is 2.19. The van der Waals surface area contributed by atoms with Crippen molar-refractivity contribution in [2.45, 2.75) is 25.7 Å². The molecule has 0 saturated carbocycles. The van der Waals surface area contributed by atoms with Crippen molar-refractivity contribution in [1.29, 1.82) is 0 Å². The number of thiol groups is 2. The molecule has 0 aliphatic heterocycles. The first kappa shape index (κ1) is 11.6. The first-order valence-electron chi connectivity index (χ1n) is 3.56. The van der Waals surface area contributed by atoms with E-state index in [0.717, 1.165) is 0 Å². The summed E-state index contributed by atoms with van der Waals surface area (Å²) in [5.74, 6) is -0.241. The summed E-state index contributed by atoms with van der Waals surface area (Å²) in [7, 11) is 0. The summed E-state index contributed by atoms with van der Waals surface area (Å²) in [6.45, 7) is 0. The van der Waals surface area contributed by atoms with Crippen molar-refractivity contribution in [2.24, 2.45) is 0 Å². The standard InChI is InChI=1S/C6H12N2O2S2/c9-5(7-11)3-1-2-4-6(10)8-12/h11-12H,1-4H2,(H,7,9)(H,8,10). The molecule has 0 unspecified atom stereocenters. The number of rotatable bonds is 5. The summed E-state index contributed by atoms with van der Waals surface area (Å²) in [4.78, 5) is 21.2. The zero-order valence-electron chi connectivity index (χ0n) is 6.54. The zero-order valence-corrected chi connectivity index (χ0v) is 8.33. The van der Waals surface area contributed by atoms with Crippen molar-refractivity contribution in [3.63, 3.8) is 0 Å². The van der Waals surface area contributed by atoms with Crippen LogP contribution in [0.5, 0.6) is 0 Å². The molecule has 0 aliphatic rings. The molecule has 0 radical (unpaired) electrons. The number of carbonyl (C=O) groups is 2. The molecule has 2 N–H and O–H groups in total. The highest BCUT2D eigenvalue weighted by molar-refractivity contribution is 7.78. The molecule has 12 heavy (non-hydrogen) atoms. The van der Waals surface area contributed by atoms with E-state index in [1.54, 1.807) is 0 Å². The maximum Gasteiger partial charge on any atom is 0.229 e. The largest absolute Gasteiger partial charge is 0.303 e. The van der Waals surface area contributed by atoms with Crippen molar-refractivity contribution < 1.29 is 9.59 Å². The first-order valence-corrected chi connectivity index (χ1v) is 4.46. The Labute approximate surface area is 82.6 Å². The molecule has 0 atom stereocenters. The number of hydrogen-bond donors (Lipinski definition) is 4. The smallest absolute Gasteiger partial charge is 0.229 e. The molecule has 0 saturated heterocycles. The molecule has 0 rings (SSSR count). The molecule has 0 heterocycles. The van der Waals surface area contributed by atoms with E-state index in [-0.39, 0.29) is 11.8 Å². The molecule has 0 aromatic heterocycles. The molecule has 0 bridgehead atoms. The van der Waals surface area contributed by atoms with Crippen LogP contribution in [-0.4, -0.2) is 11.8 Å². The molecule has 0 aliphatic carbocycles. The molecule has 2 amide bonds. The van der Waals surface area contributed by atoms with Gasteiger partial charge in [0, 0.05) is 12.8 Å². The summed E-state index contributed by atoms with van der Waals surface area (Å²) in [5, 5.41) is 0. The zero-order chi connectivity index (χ0) is 9.40. The average Bonchev–Trinajstić information content (AvgIpc) is 2.11. The van der Waals surface area contributed by atoms with Crippen LogP contribution in [0.15, 0.2) is 0 Å². The SMILES string of the molecule is O=C(CCCCC(=O)NS)NS. The average molecular weight is 208 g/mol. The molecular formula is C6H12N2O2S2. The molecule has 70 valence electrons. The summed E-state index contributed by atoms with van der Waals surface area (Å²) >= 11 is 7.17. The molecule has 0 aromatic rings. The third-order valence-corrected chi connectivity index (χ3v) is 1.81. The van der Waals surface area contributed by atoms with Gasteiger partial charge in [-0.3, -0.25) is 9.59 Å². The van der Waals surface area contributed by atoms with Gasteiger partial charge >= 0.3 is 0 Å². The minimum atomic E-state index is -0.121.